The Morgan fingerprint density at radius 1 is 1.22 bits per heavy atom. The van der Waals surface area contributed by atoms with E-state index in [0.717, 1.165) is 0 Å². The summed E-state index contributed by atoms with van der Waals surface area (Å²) in [5.41, 5.74) is 0.443. The number of likely N-dealkylation sites (tertiary alicyclic amines) is 1. The molecule has 1 aliphatic rings. The molecule has 1 N–H and O–H groups in total. The number of amides is 1. The Labute approximate surface area is 104 Å². The van der Waals surface area contributed by atoms with Crippen molar-refractivity contribution < 1.29 is 19.5 Å². The monoisotopic (exact) mass is 247 g/mol. The van der Waals surface area contributed by atoms with Crippen LogP contribution in [0.5, 0.6) is 0 Å². The third-order valence-corrected chi connectivity index (χ3v) is 3.00. The van der Waals surface area contributed by atoms with E-state index in [0.29, 0.717) is 5.56 Å². The lowest BCUT2D eigenvalue weighted by atomic mass is 10.00. The van der Waals surface area contributed by atoms with E-state index in [4.69, 9.17) is 5.11 Å². The second kappa shape index (κ2) is 5.00. The average molecular weight is 247 g/mol. The summed E-state index contributed by atoms with van der Waals surface area (Å²) in [4.78, 5) is 35.8. The standard InChI is InChI=1S/C13H13NO4/c15-10-6-7-14(11(8-10)13(17)18)12(16)9-4-2-1-3-5-9/h1-5,11H,6-8H2,(H,17,18). The van der Waals surface area contributed by atoms with Crippen molar-refractivity contribution in [3.8, 4) is 0 Å². The van der Waals surface area contributed by atoms with Gasteiger partial charge in [-0.15, -0.1) is 0 Å². The van der Waals surface area contributed by atoms with Crippen molar-refractivity contribution in [2.45, 2.75) is 18.9 Å². The van der Waals surface area contributed by atoms with Crippen LogP contribution < -0.4 is 0 Å². The molecule has 1 aliphatic heterocycles. The molecule has 1 heterocycles. The van der Waals surface area contributed by atoms with Gasteiger partial charge in [0, 0.05) is 24.9 Å². The summed E-state index contributed by atoms with van der Waals surface area (Å²) in [6.07, 6.45) is 0.121. The van der Waals surface area contributed by atoms with Gasteiger partial charge in [-0.25, -0.2) is 4.79 Å². The first-order valence-corrected chi connectivity index (χ1v) is 5.70. The van der Waals surface area contributed by atoms with Crippen LogP contribution in [0.25, 0.3) is 0 Å². The first-order valence-electron chi connectivity index (χ1n) is 5.70. The largest absolute Gasteiger partial charge is 0.480 e. The Balaban J connectivity index is 2.23. The number of rotatable bonds is 2. The van der Waals surface area contributed by atoms with Gasteiger partial charge in [0.05, 0.1) is 0 Å². The Morgan fingerprint density at radius 2 is 1.89 bits per heavy atom. The van der Waals surface area contributed by atoms with Crippen molar-refractivity contribution in [2.75, 3.05) is 6.54 Å². The van der Waals surface area contributed by atoms with Crippen LogP contribution in [-0.4, -0.2) is 40.3 Å². The summed E-state index contributed by atoms with van der Waals surface area (Å²) in [5, 5.41) is 9.08. The average Bonchev–Trinajstić information content (AvgIpc) is 2.39. The quantitative estimate of drug-likeness (QED) is 0.844. The lowest BCUT2D eigenvalue weighted by Crippen LogP contribution is -2.50. The number of carboxylic acid groups (broad SMARTS) is 1. The molecule has 1 unspecified atom stereocenters. The topological polar surface area (TPSA) is 74.7 Å². The number of carbonyl (C=O) groups is 3. The Kier molecular flexibility index (Phi) is 3.41. The van der Waals surface area contributed by atoms with Crippen LogP contribution in [-0.2, 0) is 9.59 Å². The molecule has 0 spiro atoms. The minimum atomic E-state index is -1.13. The molecule has 94 valence electrons. The number of hydrogen-bond acceptors (Lipinski definition) is 3. The number of ketones is 1. The summed E-state index contributed by atoms with van der Waals surface area (Å²) in [7, 11) is 0. The molecule has 0 saturated carbocycles. The SMILES string of the molecule is O=C1CCN(C(=O)c2ccccc2)C(C(=O)O)C1. The maximum Gasteiger partial charge on any atom is 0.326 e. The van der Waals surface area contributed by atoms with Crippen molar-refractivity contribution in [3.05, 3.63) is 35.9 Å². The van der Waals surface area contributed by atoms with Crippen molar-refractivity contribution in [2.24, 2.45) is 0 Å². The van der Waals surface area contributed by atoms with E-state index in [1.165, 1.54) is 4.90 Å². The molecule has 1 amide bonds. The first-order chi connectivity index (χ1) is 8.59. The molecule has 5 nitrogen and oxygen atoms in total. The number of carboxylic acids is 1. The van der Waals surface area contributed by atoms with Crippen LogP contribution in [0.2, 0.25) is 0 Å². The molecule has 1 aromatic carbocycles. The number of benzene rings is 1. The number of aliphatic carboxylic acids is 1. The van der Waals surface area contributed by atoms with Crippen LogP contribution in [0.3, 0.4) is 0 Å². The molecule has 18 heavy (non-hydrogen) atoms. The highest BCUT2D eigenvalue weighted by Crippen LogP contribution is 2.18. The molecular weight excluding hydrogens is 234 g/mol. The number of nitrogens with zero attached hydrogens (tertiary/aromatic N) is 1. The van der Waals surface area contributed by atoms with Crippen LogP contribution in [0.15, 0.2) is 30.3 Å². The van der Waals surface area contributed by atoms with Crippen molar-refractivity contribution in [3.63, 3.8) is 0 Å². The highest BCUT2D eigenvalue weighted by Gasteiger charge is 2.35. The molecule has 0 aromatic heterocycles. The van der Waals surface area contributed by atoms with Crippen LogP contribution in [0.1, 0.15) is 23.2 Å². The molecule has 1 atom stereocenters. The van der Waals surface area contributed by atoms with Gasteiger partial charge in [0.15, 0.2) is 0 Å². The fourth-order valence-corrected chi connectivity index (χ4v) is 2.04. The van der Waals surface area contributed by atoms with Gasteiger partial charge in [0.25, 0.3) is 5.91 Å². The van der Waals surface area contributed by atoms with Crippen LogP contribution in [0, 0.1) is 0 Å². The normalized spacial score (nSPS) is 19.7. The van der Waals surface area contributed by atoms with Gasteiger partial charge in [-0.3, -0.25) is 9.59 Å². The minimum absolute atomic E-state index is 0.103. The van der Waals surface area contributed by atoms with Gasteiger partial charge in [-0.05, 0) is 12.1 Å². The first kappa shape index (κ1) is 12.3. The fraction of sp³-hybridized carbons (Fsp3) is 0.308. The van der Waals surface area contributed by atoms with Crippen molar-refractivity contribution in [1.82, 2.24) is 4.90 Å². The molecule has 5 heteroatoms. The third kappa shape index (κ3) is 2.40. The van der Waals surface area contributed by atoms with E-state index in [-0.39, 0.29) is 31.1 Å². The van der Waals surface area contributed by atoms with Crippen LogP contribution in [0.4, 0.5) is 0 Å². The van der Waals surface area contributed by atoms with Gasteiger partial charge < -0.3 is 10.0 Å². The lowest BCUT2D eigenvalue weighted by molar-refractivity contribution is -0.146. The van der Waals surface area contributed by atoms with Crippen molar-refractivity contribution >= 4 is 17.7 Å². The zero-order valence-corrected chi connectivity index (χ0v) is 9.70. The predicted molar refractivity (Wildman–Crippen MR) is 63.1 cm³/mol. The van der Waals surface area contributed by atoms with E-state index in [9.17, 15) is 14.4 Å². The molecule has 2 rings (SSSR count). The number of hydrogen-bond donors (Lipinski definition) is 1. The van der Waals surface area contributed by atoms with Gasteiger partial charge in [0.2, 0.25) is 0 Å². The Hall–Kier alpha value is -2.17. The van der Waals surface area contributed by atoms with E-state index in [2.05, 4.69) is 0 Å². The lowest BCUT2D eigenvalue weighted by Gasteiger charge is -2.32. The zero-order valence-electron chi connectivity index (χ0n) is 9.70. The molecule has 0 aliphatic carbocycles. The fourth-order valence-electron chi connectivity index (χ4n) is 2.04. The van der Waals surface area contributed by atoms with Gasteiger partial charge >= 0.3 is 5.97 Å². The van der Waals surface area contributed by atoms with Crippen molar-refractivity contribution in [1.29, 1.82) is 0 Å². The van der Waals surface area contributed by atoms with Gasteiger partial charge in [-0.2, -0.15) is 0 Å². The van der Waals surface area contributed by atoms with E-state index in [1.807, 2.05) is 0 Å². The summed E-state index contributed by atoms with van der Waals surface area (Å²) in [6, 6.07) is 7.45. The minimum Gasteiger partial charge on any atom is -0.480 e. The zero-order chi connectivity index (χ0) is 13.1. The molecule has 1 aromatic rings. The smallest absolute Gasteiger partial charge is 0.326 e. The van der Waals surface area contributed by atoms with E-state index in [1.54, 1.807) is 30.3 Å². The summed E-state index contributed by atoms with van der Waals surface area (Å²) in [6.45, 7) is 0.170. The summed E-state index contributed by atoms with van der Waals surface area (Å²) in [5.74, 6) is -1.58. The second-order valence-corrected chi connectivity index (χ2v) is 4.21. The molecule has 0 bridgehead atoms. The van der Waals surface area contributed by atoms with Gasteiger partial charge in [0.1, 0.15) is 11.8 Å². The summed E-state index contributed by atoms with van der Waals surface area (Å²) >= 11 is 0. The van der Waals surface area contributed by atoms with Crippen LogP contribution >= 0.6 is 0 Å². The van der Waals surface area contributed by atoms with E-state index >= 15 is 0 Å². The Bertz CT molecular complexity index is 483. The maximum atomic E-state index is 12.2. The third-order valence-electron chi connectivity index (χ3n) is 3.00. The Morgan fingerprint density at radius 3 is 2.50 bits per heavy atom. The van der Waals surface area contributed by atoms with E-state index < -0.39 is 12.0 Å². The van der Waals surface area contributed by atoms with Gasteiger partial charge in [-0.1, -0.05) is 18.2 Å². The second-order valence-electron chi connectivity index (χ2n) is 4.21. The maximum absolute atomic E-state index is 12.2. The molecular formula is C13H13NO4. The number of piperidine rings is 1. The molecule has 1 fully saturated rings. The highest BCUT2D eigenvalue weighted by atomic mass is 16.4. The molecule has 0 radical (unpaired) electrons. The highest BCUT2D eigenvalue weighted by molar-refractivity contribution is 5.99. The predicted octanol–water partition coefficient (Wildman–Crippen LogP) is 0.945. The summed E-state index contributed by atoms with van der Waals surface area (Å²) < 4.78 is 0. The molecule has 1 saturated heterocycles. The number of carbonyl (C=O) groups excluding carboxylic acids is 2. The number of Topliss-reactive ketones (excluding diaryl/α,β-unsaturated/α-hetero) is 1.